The van der Waals surface area contributed by atoms with E-state index in [1.807, 2.05) is 0 Å². The Morgan fingerprint density at radius 2 is 1.55 bits per heavy atom. The average Bonchev–Trinajstić information content (AvgIpc) is 2.71. The molecule has 3 nitrogen and oxygen atoms in total. The van der Waals surface area contributed by atoms with E-state index in [0.29, 0.717) is 18.6 Å². The fraction of sp³-hybridized carbons (Fsp3) is 0.520. The zero-order valence-corrected chi connectivity index (χ0v) is 19.5. The van der Waals surface area contributed by atoms with Gasteiger partial charge in [0.25, 0.3) is 8.32 Å². The number of benzene rings is 2. The highest BCUT2D eigenvalue weighted by Gasteiger charge is 2.51. The molecule has 2 aromatic rings. The first-order valence-corrected chi connectivity index (χ1v) is 12.9. The molecule has 0 saturated carbocycles. The Balaban J connectivity index is 1.95. The van der Waals surface area contributed by atoms with Crippen LogP contribution >= 0.6 is 0 Å². The van der Waals surface area contributed by atoms with Gasteiger partial charge in [0.05, 0.1) is 6.61 Å². The van der Waals surface area contributed by atoms with Crippen molar-refractivity contribution in [2.45, 2.75) is 51.6 Å². The van der Waals surface area contributed by atoms with Gasteiger partial charge in [0.1, 0.15) is 0 Å². The Hall–Kier alpha value is -1.46. The maximum absolute atomic E-state index is 9.85. The number of aliphatic hydroxyl groups excluding tert-OH is 1. The summed E-state index contributed by atoms with van der Waals surface area (Å²) < 4.78 is 7.10. The van der Waals surface area contributed by atoms with E-state index < -0.39 is 8.32 Å². The van der Waals surface area contributed by atoms with E-state index in [2.05, 4.69) is 93.3 Å². The molecule has 3 rings (SSSR count). The van der Waals surface area contributed by atoms with Gasteiger partial charge >= 0.3 is 0 Å². The minimum Gasteiger partial charge on any atom is -0.406 e. The molecule has 2 atom stereocenters. The van der Waals surface area contributed by atoms with Crippen molar-refractivity contribution in [3.05, 3.63) is 60.7 Å². The largest absolute Gasteiger partial charge is 0.406 e. The SMILES string of the molecule is CCCCN1C[C@@H](CO)[C@@H]1CO[Si](c1ccccc1)(c1ccccc1)C(C)(C)C. The van der Waals surface area contributed by atoms with Crippen LogP contribution in [-0.2, 0) is 4.43 Å². The molecule has 1 N–H and O–H groups in total. The molecule has 158 valence electrons. The van der Waals surface area contributed by atoms with Gasteiger partial charge in [-0.25, -0.2) is 0 Å². The number of likely N-dealkylation sites (tertiary alicyclic amines) is 1. The summed E-state index contributed by atoms with van der Waals surface area (Å²) in [5, 5.41) is 12.5. The minimum absolute atomic E-state index is 0.0115. The molecule has 1 fully saturated rings. The highest BCUT2D eigenvalue weighted by molar-refractivity contribution is 6.99. The zero-order valence-electron chi connectivity index (χ0n) is 18.5. The molecule has 0 amide bonds. The molecule has 4 heteroatoms. The van der Waals surface area contributed by atoms with Gasteiger partial charge in [-0.3, -0.25) is 4.90 Å². The van der Waals surface area contributed by atoms with Crippen molar-refractivity contribution in [3.63, 3.8) is 0 Å². The van der Waals surface area contributed by atoms with Crippen LogP contribution in [0.25, 0.3) is 0 Å². The number of rotatable bonds is 9. The standard InChI is InChI=1S/C25H37NO2Si/c1-5-6-17-26-18-21(19-27)24(26)20-28-29(25(2,3)4,22-13-9-7-10-14-22)23-15-11-8-12-16-23/h7-16,21,24,27H,5-6,17-20H2,1-4H3/t21-,24-/m0/s1. The molecule has 1 aliphatic rings. The molecule has 1 aliphatic heterocycles. The maximum atomic E-state index is 9.85. The lowest BCUT2D eigenvalue weighted by atomic mass is 9.89. The van der Waals surface area contributed by atoms with Crippen molar-refractivity contribution in [3.8, 4) is 0 Å². The lowest BCUT2D eigenvalue weighted by Crippen LogP contribution is -2.69. The van der Waals surface area contributed by atoms with Gasteiger partial charge in [0.2, 0.25) is 0 Å². The summed E-state index contributed by atoms with van der Waals surface area (Å²) in [6.45, 7) is 12.2. The molecule has 0 spiro atoms. The van der Waals surface area contributed by atoms with Crippen LogP contribution in [0.5, 0.6) is 0 Å². The third-order valence-corrected chi connectivity index (χ3v) is 11.4. The van der Waals surface area contributed by atoms with E-state index in [-0.39, 0.29) is 11.6 Å². The van der Waals surface area contributed by atoms with Gasteiger partial charge in [-0.05, 0) is 28.4 Å². The molecule has 0 bridgehead atoms. The smallest absolute Gasteiger partial charge is 0.261 e. The molecule has 0 radical (unpaired) electrons. The molecular formula is C25H37NO2Si. The summed E-state index contributed by atoms with van der Waals surface area (Å²) in [5.74, 6) is 0.324. The quantitative estimate of drug-likeness (QED) is 0.639. The Labute approximate surface area is 177 Å². The Bertz CT molecular complexity index is 703. The van der Waals surface area contributed by atoms with E-state index in [9.17, 15) is 5.11 Å². The lowest BCUT2D eigenvalue weighted by Gasteiger charge is -2.50. The van der Waals surface area contributed by atoms with Crippen LogP contribution in [0.2, 0.25) is 5.04 Å². The first kappa shape index (κ1) is 22.2. The Morgan fingerprint density at radius 1 is 1.00 bits per heavy atom. The molecule has 1 heterocycles. The van der Waals surface area contributed by atoms with Gasteiger partial charge < -0.3 is 9.53 Å². The van der Waals surface area contributed by atoms with Crippen molar-refractivity contribution in [1.29, 1.82) is 0 Å². The number of hydrogen-bond donors (Lipinski definition) is 1. The first-order valence-electron chi connectivity index (χ1n) is 11.0. The summed E-state index contributed by atoms with van der Waals surface area (Å²) >= 11 is 0. The topological polar surface area (TPSA) is 32.7 Å². The van der Waals surface area contributed by atoms with Gasteiger partial charge in [-0.1, -0.05) is 94.8 Å². The molecule has 2 aromatic carbocycles. The third kappa shape index (κ3) is 4.51. The van der Waals surface area contributed by atoms with E-state index in [1.165, 1.54) is 23.2 Å². The van der Waals surface area contributed by atoms with Crippen LogP contribution in [0.1, 0.15) is 40.5 Å². The van der Waals surface area contributed by atoms with Crippen LogP contribution in [0.4, 0.5) is 0 Å². The molecule has 0 unspecified atom stereocenters. The van der Waals surface area contributed by atoms with E-state index in [4.69, 9.17) is 4.43 Å². The summed E-state index contributed by atoms with van der Waals surface area (Å²) in [4.78, 5) is 2.50. The molecule has 29 heavy (non-hydrogen) atoms. The lowest BCUT2D eigenvalue weighted by molar-refractivity contribution is -0.0410. The van der Waals surface area contributed by atoms with Crippen molar-refractivity contribution >= 4 is 18.7 Å². The van der Waals surface area contributed by atoms with Crippen LogP contribution in [-0.4, -0.2) is 50.7 Å². The summed E-state index contributed by atoms with van der Waals surface area (Å²) in [6, 6.07) is 21.9. The van der Waals surface area contributed by atoms with E-state index in [0.717, 1.165) is 13.1 Å². The highest BCUT2D eigenvalue weighted by Crippen LogP contribution is 2.38. The number of aliphatic hydroxyl groups is 1. The summed E-state index contributed by atoms with van der Waals surface area (Å²) in [5.41, 5.74) is 0. The second kappa shape index (κ2) is 9.56. The van der Waals surface area contributed by atoms with Gasteiger partial charge in [-0.15, -0.1) is 0 Å². The zero-order chi connectivity index (χ0) is 20.9. The third-order valence-electron chi connectivity index (χ3n) is 6.40. The average molecular weight is 412 g/mol. The van der Waals surface area contributed by atoms with Crippen molar-refractivity contribution in [2.24, 2.45) is 5.92 Å². The second-order valence-electron chi connectivity index (χ2n) is 9.33. The Kier molecular flexibility index (Phi) is 7.33. The first-order chi connectivity index (χ1) is 13.9. The van der Waals surface area contributed by atoms with E-state index >= 15 is 0 Å². The highest BCUT2D eigenvalue weighted by atomic mass is 28.4. The fourth-order valence-corrected chi connectivity index (χ4v) is 9.31. The van der Waals surface area contributed by atoms with Crippen molar-refractivity contribution in [2.75, 3.05) is 26.3 Å². The summed E-state index contributed by atoms with van der Waals surface area (Å²) in [6.07, 6.45) is 2.40. The van der Waals surface area contributed by atoms with Crippen LogP contribution in [0.15, 0.2) is 60.7 Å². The van der Waals surface area contributed by atoms with Gasteiger partial charge in [0.15, 0.2) is 0 Å². The number of unbranched alkanes of at least 4 members (excludes halogenated alkanes) is 1. The number of nitrogens with zero attached hydrogens (tertiary/aromatic N) is 1. The van der Waals surface area contributed by atoms with Gasteiger partial charge in [-0.2, -0.15) is 0 Å². The molecule has 0 aliphatic carbocycles. The number of hydrogen-bond acceptors (Lipinski definition) is 3. The molecule has 1 saturated heterocycles. The van der Waals surface area contributed by atoms with E-state index in [1.54, 1.807) is 0 Å². The van der Waals surface area contributed by atoms with Crippen molar-refractivity contribution < 1.29 is 9.53 Å². The fourth-order valence-electron chi connectivity index (χ4n) is 4.73. The predicted molar refractivity (Wildman–Crippen MR) is 124 cm³/mol. The maximum Gasteiger partial charge on any atom is 0.261 e. The second-order valence-corrected chi connectivity index (χ2v) is 13.6. The minimum atomic E-state index is -2.51. The van der Waals surface area contributed by atoms with Crippen LogP contribution < -0.4 is 10.4 Å². The van der Waals surface area contributed by atoms with Crippen LogP contribution in [0, 0.1) is 5.92 Å². The predicted octanol–water partition coefficient (Wildman–Crippen LogP) is 3.66. The Morgan fingerprint density at radius 3 is 2.00 bits per heavy atom. The van der Waals surface area contributed by atoms with Crippen LogP contribution in [0.3, 0.4) is 0 Å². The molecular weight excluding hydrogens is 374 g/mol. The van der Waals surface area contributed by atoms with Crippen molar-refractivity contribution in [1.82, 2.24) is 4.90 Å². The monoisotopic (exact) mass is 411 g/mol. The van der Waals surface area contributed by atoms with Gasteiger partial charge in [0, 0.05) is 25.1 Å². The molecule has 0 aromatic heterocycles. The normalized spacial score (nSPS) is 20.4. The summed E-state index contributed by atoms with van der Waals surface area (Å²) in [7, 11) is -2.51.